The smallest absolute Gasteiger partial charge is 0.0927 e. The largest absolute Gasteiger partial charge is 0.312 e. The SMILES string of the molecule is CNC(C)c1[nH]nc2cccc(C)c12. The second-order valence-corrected chi connectivity index (χ2v) is 3.62. The Hall–Kier alpha value is -1.35. The number of aromatic nitrogens is 2. The standard InChI is InChI=1S/C11H15N3/c1-7-5-4-6-9-10(7)11(14-13-9)8(2)12-3/h4-6,8,12H,1-3H3,(H,13,14). The first-order chi connectivity index (χ1) is 6.74. The monoisotopic (exact) mass is 189 g/mol. The van der Waals surface area contributed by atoms with E-state index in [1.807, 2.05) is 19.2 Å². The van der Waals surface area contributed by atoms with Crippen LogP contribution in [0.15, 0.2) is 18.2 Å². The van der Waals surface area contributed by atoms with Crippen LogP contribution in [0.2, 0.25) is 0 Å². The molecule has 0 aliphatic heterocycles. The number of aryl methyl sites for hydroxylation is 1. The average molecular weight is 189 g/mol. The van der Waals surface area contributed by atoms with E-state index in [4.69, 9.17) is 0 Å². The van der Waals surface area contributed by atoms with Crippen molar-refractivity contribution in [2.24, 2.45) is 0 Å². The number of fused-ring (bicyclic) bond motifs is 1. The molecule has 0 spiro atoms. The highest BCUT2D eigenvalue weighted by Gasteiger charge is 2.11. The highest BCUT2D eigenvalue weighted by Crippen LogP contribution is 2.24. The first-order valence-corrected chi connectivity index (χ1v) is 4.85. The number of aromatic amines is 1. The molecule has 14 heavy (non-hydrogen) atoms. The van der Waals surface area contributed by atoms with Crippen molar-refractivity contribution >= 4 is 10.9 Å². The Bertz CT molecular complexity index is 445. The lowest BCUT2D eigenvalue weighted by Crippen LogP contribution is -2.13. The van der Waals surface area contributed by atoms with Gasteiger partial charge in [0, 0.05) is 11.4 Å². The summed E-state index contributed by atoms with van der Waals surface area (Å²) in [4.78, 5) is 0. The lowest BCUT2D eigenvalue weighted by Gasteiger charge is -2.08. The molecule has 2 N–H and O–H groups in total. The maximum absolute atomic E-state index is 4.28. The molecular weight excluding hydrogens is 174 g/mol. The van der Waals surface area contributed by atoms with Gasteiger partial charge in [-0.25, -0.2) is 0 Å². The molecule has 2 rings (SSSR count). The van der Waals surface area contributed by atoms with Crippen LogP contribution in [-0.4, -0.2) is 17.2 Å². The van der Waals surface area contributed by atoms with E-state index < -0.39 is 0 Å². The Balaban J connectivity index is 2.67. The number of hydrogen-bond acceptors (Lipinski definition) is 2. The summed E-state index contributed by atoms with van der Waals surface area (Å²) < 4.78 is 0. The van der Waals surface area contributed by atoms with Gasteiger partial charge in [-0.2, -0.15) is 5.10 Å². The normalized spacial score (nSPS) is 13.4. The second-order valence-electron chi connectivity index (χ2n) is 3.62. The third kappa shape index (κ3) is 1.30. The van der Waals surface area contributed by atoms with Crippen LogP contribution >= 0.6 is 0 Å². The van der Waals surface area contributed by atoms with Gasteiger partial charge in [-0.05, 0) is 32.5 Å². The quantitative estimate of drug-likeness (QED) is 0.760. The van der Waals surface area contributed by atoms with E-state index >= 15 is 0 Å². The first-order valence-electron chi connectivity index (χ1n) is 4.85. The van der Waals surface area contributed by atoms with Gasteiger partial charge in [-0.15, -0.1) is 0 Å². The molecule has 0 amide bonds. The topological polar surface area (TPSA) is 40.7 Å². The Kier molecular flexibility index (Phi) is 2.25. The van der Waals surface area contributed by atoms with Crippen LogP contribution in [0, 0.1) is 6.92 Å². The number of hydrogen-bond donors (Lipinski definition) is 2. The fraction of sp³-hybridized carbons (Fsp3) is 0.364. The predicted octanol–water partition coefficient (Wildman–Crippen LogP) is 2.15. The molecule has 0 saturated heterocycles. The maximum Gasteiger partial charge on any atom is 0.0927 e. The summed E-state index contributed by atoms with van der Waals surface area (Å²) in [7, 11) is 1.95. The Morgan fingerprint density at radius 3 is 2.93 bits per heavy atom. The third-order valence-corrected chi connectivity index (χ3v) is 2.68. The van der Waals surface area contributed by atoms with E-state index in [9.17, 15) is 0 Å². The zero-order valence-electron chi connectivity index (χ0n) is 8.76. The minimum Gasteiger partial charge on any atom is -0.312 e. The molecule has 0 fully saturated rings. The van der Waals surface area contributed by atoms with Gasteiger partial charge in [0.2, 0.25) is 0 Å². The number of nitrogens with zero attached hydrogens (tertiary/aromatic N) is 1. The van der Waals surface area contributed by atoms with Gasteiger partial charge >= 0.3 is 0 Å². The summed E-state index contributed by atoms with van der Waals surface area (Å²) in [5.41, 5.74) is 3.48. The summed E-state index contributed by atoms with van der Waals surface area (Å²) in [6, 6.07) is 6.49. The molecule has 1 aromatic heterocycles. The van der Waals surface area contributed by atoms with Crippen LogP contribution in [-0.2, 0) is 0 Å². The van der Waals surface area contributed by atoms with E-state index in [0.717, 1.165) is 5.52 Å². The molecule has 0 aliphatic carbocycles. The molecule has 0 radical (unpaired) electrons. The zero-order valence-corrected chi connectivity index (χ0v) is 8.76. The summed E-state index contributed by atoms with van der Waals surface area (Å²) in [6.07, 6.45) is 0. The highest BCUT2D eigenvalue weighted by atomic mass is 15.1. The molecule has 1 unspecified atom stereocenters. The molecule has 0 bridgehead atoms. The molecule has 74 valence electrons. The van der Waals surface area contributed by atoms with Crippen molar-refractivity contribution in [3.63, 3.8) is 0 Å². The molecule has 3 heteroatoms. The molecule has 0 aliphatic rings. The molecule has 2 aromatic rings. The third-order valence-electron chi connectivity index (χ3n) is 2.68. The summed E-state index contributed by atoms with van der Waals surface area (Å²) in [5, 5.41) is 11.8. The summed E-state index contributed by atoms with van der Waals surface area (Å²) in [6.45, 7) is 4.24. The Labute approximate surface area is 83.5 Å². The fourth-order valence-electron chi connectivity index (χ4n) is 1.73. The van der Waals surface area contributed by atoms with Crippen LogP contribution in [0.3, 0.4) is 0 Å². The van der Waals surface area contributed by atoms with Crippen LogP contribution in [0.4, 0.5) is 0 Å². The average Bonchev–Trinajstić information content (AvgIpc) is 2.62. The second kappa shape index (κ2) is 3.42. The number of H-pyrrole nitrogens is 1. The van der Waals surface area contributed by atoms with Crippen molar-refractivity contribution in [3.05, 3.63) is 29.5 Å². The number of rotatable bonds is 2. The molecule has 1 aromatic carbocycles. The van der Waals surface area contributed by atoms with Crippen molar-refractivity contribution in [2.75, 3.05) is 7.05 Å². The van der Waals surface area contributed by atoms with Gasteiger partial charge in [0.05, 0.1) is 11.2 Å². The molecule has 1 atom stereocenters. The number of nitrogens with one attached hydrogen (secondary N) is 2. The van der Waals surface area contributed by atoms with Crippen molar-refractivity contribution in [1.82, 2.24) is 15.5 Å². The van der Waals surface area contributed by atoms with Crippen molar-refractivity contribution < 1.29 is 0 Å². The van der Waals surface area contributed by atoms with Crippen LogP contribution < -0.4 is 5.32 Å². The van der Waals surface area contributed by atoms with E-state index in [1.165, 1.54) is 16.6 Å². The van der Waals surface area contributed by atoms with E-state index in [2.05, 4.69) is 35.4 Å². The van der Waals surface area contributed by atoms with Crippen molar-refractivity contribution in [1.29, 1.82) is 0 Å². The van der Waals surface area contributed by atoms with Crippen molar-refractivity contribution in [3.8, 4) is 0 Å². The van der Waals surface area contributed by atoms with Gasteiger partial charge in [0.15, 0.2) is 0 Å². The van der Waals surface area contributed by atoms with Gasteiger partial charge in [0.25, 0.3) is 0 Å². The van der Waals surface area contributed by atoms with Crippen molar-refractivity contribution in [2.45, 2.75) is 19.9 Å². The van der Waals surface area contributed by atoms with Gasteiger partial charge < -0.3 is 5.32 Å². The first kappa shape index (κ1) is 9.21. The van der Waals surface area contributed by atoms with E-state index in [0.29, 0.717) is 6.04 Å². The Morgan fingerprint density at radius 1 is 1.43 bits per heavy atom. The van der Waals surface area contributed by atoms with Crippen LogP contribution in [0.25, 0.3) is 10.9 Å². The molecule has 0 saturated carbocycles. The molecular formula is C11H15N3. The number of benzene rings is 1. The lowest BCUT2D eigenvalue weighted by molar-refractivity contribution is 0.634. The van der Waals surface area contributed by atoms with Crippen LogP contribution in [0.5, 0.6) is 0 Å². The van der Waals surface area contributed by atoms with Gasteiger partial charge in [0.1, 0.15) is 0 Å². The highest BCUT2D eigenvalue weighted by molar-refractivity contribution is 5.85. The zero-order chi connectivity index (χ0) is 10.1. The molecule has 3 nitrogen and oxygen atoms in total. The fourth-order valence-corrected chi connectivity index (χ4v) is 1.73. The summed E-state index contributed by atoms with van der Waals surface area (Å²) in [5.74, 6) is 0. The van der Waals surface area contributed by atoms with Gasteiger partial charge in [-0.1, -0.05) is 12.1 Å². The molecule has 1 heterocycles. The minimum absolute atomic E-state index is 0.307. The van der Waals surface area contributed by atoms with Gasteiger partial charge in [-0.3, -0.25) is 5.10 Å². The van der Waals surface area contributed by atoms with E-state index in [-0.39, 0.29) is 0 Å². The minimum atomic E-state index is 0.307. The predicted molar refractivity (Wildman–Crippen MR) is 58.3 cm³/mol. The Morgan fingerprint density at radius 2 is 2.21 bits per heavy atom. The summed E-state index contributed by atoms with van der Waals surface area (Å²) >= 11 is 0. The maximum atomic E-state index is 4.28. The van der Waals surface area contributed by atoms with Crippen LogP contribution in [0.1, 0.15) is 24.2 Å². The lowest BCUT2D eigenvalue weighted by atomic mass is 10.1. The van der Waals surface area contributed by atoms with E-state index in [1.54, 1.807) is 0 Å².